The first-order chi connectivity index (χ1) is 10.1. The molecule has 106 valence electrons. The van der Waals surface area contributed by atoms with Gasteiger partial charge in [-0.1, -0.05) is 6.07 Å². The summed E-state index contributed by atoms with van der Waals surface area (Å²) in [7, 11) is 0. The smallest absolute Gasteiger partial charge is 0.303 e. The number of aromatic nitrogens is 2. The molecule has 21 heavy (non-hydrogen) atoms. The van der Waals surface area contributed by atoms with Crippen LogP contribution in [0.1, 0.15) is 17.0 Å². The Balaban J connectivity index is 2.05. The molecule has 0 radical (unpaired) electrons. The maximum atomic E-state index is 11.6. The van der Waals surface area contributed by atoms with Gasteiger partial charge in [0.1, 0.15) is 11.5 Å². The van der Waals surface area contributed by atoms with Crippen LogP contribution in [0, 0.1) is 13.8 Å². The van der Waals surface area contributed by atoms with Crippen molar-refractivity contribution < 1.29 is 9.59 Å². The average Bonchev–Trinajstić information content (AvgIpc) is 2.91. The average molecular weight is 282 g/mol. The van der Waals surface area contributed by atoms with E-state index in [9.17, 15) is 9.59 Å². The van der Waals surface area contributed by atoms with Crippen LogP contribution < -0.4 is 10.6 Å². The molecule has 0 bridgehead atoms. The Hall–Kier alpha value is -2.89. The summed E-state index contributed by atoms with van der Waals surface area (Å²) in [5.74, 6) is 0.402. The molecule has 6 heteroatoms. The summed E-state index contributed by atoms with van der Waals surface area (Å²) in [5, 5.41) is 4.67. The van der Waals surface area contributed by atoms with Crippen LogP contribution in [0.4, 0.5) is 4.79 Å². The molecule has 2 N–H and O–H groups in total. The minimum absolute atomic E-state index is 0.251. The zero-order chi connectivity index (χ0) is 15.0. The first-order valence-corrected chi connectivity index (χ1v) is 6.50. The highest BCUT2D eigenvalue weighted by Crippen LogP contribution is 2.21. The molecule has 0 saturated carbocycles. The molecule has 0 aromatic carbocycles. The first-order valence-electron chi connectivity index (χ1n) is 6.50. The number of hydrogen-bond acceptors (Lipinski definition) is 3. The van der Waals surface area contributed by atoms with Crippen molar-refractivity contribution in [3.8, 4) is 5.82 Å². The molecule has 3 amide bonds. The molecular weight excluding hydrogens is 268 g/mol. The Kier molecular flexibility index (Phi) is 3.06. The molecule has 1 saturated heterocycles. The number of aryl methyl sites for hydroxylation is 1. The lowest BCUT2D eigenvalue weighted by Crippen LogP contribution is -2.22. The van der Waals surface area contributed by atoms with Crippen molar-refractivity contribution in [3.05, 3.63) is 53.1 Å². The third kappa shape index (κ3) is 2.31. The maximum absolute atomic E-state index is 11.6. The third-order valence-corrected chi connectivity index (χ3v) is 3.37. The lowest BCUT2D eigenvalue weighted by atomic mass is 10.2. The van der Waals surface area contributed by atoms with Gasteiger partial charge in [0.05, 0.1) is 0 Å². The molecule has 1 aliphatic rings. The molecule has 3 heterocycles. The van der Waals surface area contributed by atoms with Crippen molar-refractivity contribution in [3.63, 3.8) is 0 Å². The minimum atomic E-state index is -0.496. The number of carbonyl (C=O) groups is 2. The largest absolute Gasteiger partial charge is 0.326 e. The number of urea groups is 1. The van der Waals surface area contributed by atoms with Gasteiger partial charge in [0.25, 0.3) is 5.91 Å². The van der Waals surface area contributed by atoms with Crippen LogP contribution in [0.2, 0.25) is 0 Å². The van der Waals surface area contributed by atoms with Crippen LogP contribution in [0.5, 0.6) is 0 Å². The molecular formula is C15H14N4O2. The molecule has 2 aromatic rings. The summed E-state index contributed by atoms with van der Waals surface area (Å²) < 4.78 is 2.00. The van der Waals surface area contributed by atoms with E-state index in [1.807, 2.05) is 42.7 Å². The fourth-order valence-corrected chi connectivity index (χ4v) is 2.41. The molecule has 0 aliphatic carbocycles. The number of carbonyl (C=O) groups excluding carboxylic acids is 2. The maximum Gasteiger partial charge on any atom is 0.326 e. The van der Waals surface area contributed by atoms with E-state index in [-0.39, 0.29) is 5.70 Å². The van der Waals surface area contributed by atoms with Crippen LogP contribution in [0.3, 0.4) is 0 Å². The highest BCUT2D eigenvalue weighted by Gasteiger charge is 2.23. The zero-order valence-electron chi connectivity index (χ0n) is 11.7. The molecule has 3 rings (SSSR count). The molecule has 6 nitrogen and oxygen atoms in total. The van der Waals surface area contributed by atoms with E-state index in [1.54, 1.807) is 12.3 Å². The molecule has 0 spiro atoms. The number of imide groups is 1. The Morgan fingerprint density at radius 2 is 2.00 bits per heavy atom. The Morgan fingerprint density at radius 1 is 1.19 bits per heavy atom. The monoisotopic (exact) mass is 282 g/mol. The second-order valence-corrected chi connectivity index (χ2v) is 4.82. The van der Waals surface area contributed by atoms with Crippen molar-refractivity contribution in [2.45, 2.75) is 13.8 Å². The second-order valence-electron chi connectivity index (χ2n) is 4.82. The van der Waals surface area contributed by atoms with Crippen molar-refractivity contribution >= 4 is 18.0 Å². The van der Waals surface area contributed by atoms with E-state index in [4.69, 9.17) is 0 Å². The van der Waals surface area contributed by atoms with E-state index in [0.29, 0.717) is 0 Å². The van der Waals surface area contributed by atoms with Gasteiger partial charge in [-0.3, -0.25) is 10.1 Å². The summed E-state index contributed by atoms with van der Waals surface area (Å²) in [6, 6.07) is 7.16. The van der Waals surface area contributed by atoms with Crippen molar-refractivity contribution in [1.82, 2.24) is 20.2 Å². The van der Waals surface area contributed by atoms with Gasteiger partial charge in [-0.2, -0.15) is 0 Å². The van der Waals surface area contributed by atoms with Crippen LogP contribution in [0.25, 0.3) is 11.9 Å². The molecule has 0 atom stereocenters. The number of hydrogen-bond donors (Lipinski definition) is 2. The molecule has 1 aliphatic heterocycles. The lowest BCUT2D eigenvalue weighted by Gasteiger charge is -2.07. The van der Waals surface area contributed by atoms with Gasteiger partial charge in [-0.25, -0.2) is 9.78 Å². The first kappa shape index (κ1) is 13.1. The van der Waals surface area contributed by atoms with Crippen molar-refractivity contribution in [2.24, 2.45) is 0 Å². The number of nitrogens with one attached hydrogen (secondary N) is 2. The standard InChI is InChI=1S/C15H14N4O2/c1-9-7-11(8-12-14(20)18-15(21)17-12)10(2)19(9)13-5-3-4-6-16-13/h3-8H,1-2H3,(H2,17,18,20,21)/b12-8-. The summed E-state index contributed by atoms with van der Waals surface area (Å²) in [5.41, 5.74) is 3.07. The fraction of sp³-hybridized carbons (Fsp3) is 0.133. The Bertz CT molecular complexity index is 759. The van der Waals surface area contributed by atoms with E-state index < -0.39 is 11.9 Å². The van der Waals surface area contributed by atoms with E-state index in [1.165, 1.54) is 0 Å². The number of amides is 3. The lowest BCUT2D eigenvalue weighted by molar-refractivity contribution is -0.115. The quantitative estimate of drug-likeness (QED) is 0.650. The topological polar surface area (TPSA) is 76.0 Å². The van der Waals surface area contributed by atoms with Gasteiger partial charge in [0.15, 0.2) is 0 Å². The van der Waals surface area contributed by atoms with Crippen LogP contribution in [-0.2, 0) is 4.79 Å². The number of nitrogens with zero attached hydrogens (tertiary/aromatic N) is 2. The van der Waals surface area contributed by atoms with Crippen LogP contribution >= 0.6 is 0 Å². The predicted octanol–water partition coefficient (Wildman–Crippen LogP) is 1.67. The highest BCUT2D eigenvalue weighted by molar-refractivity contribution is 6.14. The van der Waals surface area contributed by atoms with Gasteiger partial charge >= 0.3 is 6.03 Å². The zero-order valence-corrected chi connectivity index (χ0v) is 11.7. The Labute approximate surface area is 121 Å². The van der Waals surface area contributed by atoms with Gasteiger partial charge in [0.2, 0.25) is 0 Å². The fourth-order valence-electron chi connectivity index (χ4n) is 2.41. The molecule has 1 fully saturated rings. The summed E-state index contributed by atoms with van der Waals surface area (Å²) in [6.07, 6.45) is 3.40. The summed E-state index contributed by atoms with van der Waals surface area (Å²) in [4.78, 5) is 27.0. The summed E-state index contributed by atoms with van der Waals surface area (Å²) >= 11 is 0. The Morgan fingerprint density at radius 3 is 2.62 bits per heavy atom. The predicted molar refractivity (Wildman–Crippen MR) is 77.7 cm³/mol. The molecule has 0 unspecified atom stereocenters. The minimum Gasteiger partial charge on any atom is -0.303 e. The summed E-state index contributed by atoms with van der Waals surface area (Å²) in [6.45, 7) is 3.92. The number of pyridine rings is 1. The molecule has 2 aromatic heterocycles. The SMILES string of the molecule is Cc1cc(/C=C2\NC(=O)NC2=O)c(C)n1-c1ccccn1. The number of rotatable bonds is 2. The van der Waals surface area contributed by atoms with Gasteiger partial charge < -0.3 is 9.88 Å². The van der Waals surface area contributed by atoms with E-state index in [2.05, 4.69) is 15.6 Å². The van der Waals surface area contributed by atoms with E-state index in [0.717, 1.165) is 22.8 Å². The van der Waals surface area contributed by atoms with Crippen LogP contribution in [0.15, 0.2) is 36.2 Å². The van der Waals surface area contributed by atoms with Gasteiger partial charge in [-0.05, 0) is 43.7 Å². The van der Waals surface area contributed by atoms with E-state index >= 15 is 0 Å². The van der Waals surface area contributed by atoms with Gasteiger partial charge in [0, 0.05) is 17.6 Å². The normalized spacial score (nSPS) is 16.2. The van der Waals surface area contributed by atoms with Gasteiger partial charge in [-0.15, -0.1) is 0 Å². The highest BCUT2D eigenvalue weighted by atomic mass is 16.2. The van der Waals surface area contributed by atoms with Crippen molar-refractivity contribution in [2.75, 3.05) is 0 Å². The third-order valence-electron chi connectivity index (χ3n) is 3.37. The van der Waals surface area contributed by atoms with Crippen molar-refractivity contribution in [1.29, 1.82) is 0 Å². The second kappa shape index (κ2) is 4.90. The van der Waals surface area contributed by atoms with Crippen LogP contribution in [-0.4, -0.2) is 21.5 Å².